The van der Waals surface area contributed by atoms with E-state index in [0.29, 0.717) is 39.0 Å². The minimum atomic E-state index is -0.856. The minimum Gasteiger partial charge on any atom is -0.481 e. The fourth-order valence-corrected chi connectivity index (χ4v) is 3.20. The molecule has 2 aliphatic rings. The summed E-state index contributed by atoms with van der Waals surface area (Å²) in [5.74, 6) is -1.80. The Hall–Kier alpha value is -1.59. The van der Waals surface area contributed by atoms with Gasteiger partial charge in [0.2, 0.25) is 11.8 Å². The van der Waals surface area contributed by atoms with Crippen LogP contribution in [0.2, 0.25) is 0 Å². The van der Waals surface area contributed by atoms with Gasteiger partial charge in [-0.3, -0.25) is 14.4 Å². The monoisotopic (exact) mass is 282 g/mol. The number of carboxylic acid groups (broad SMARTS) is 1. The summed E-state index contributed by atoms with van der Waals surface area (Å²) in [6, 6.07) is 0. The van der Waals surface area contributed by atoms with Gasteiger partial charge in [-0.15, -0.1) is 0 Å². The average Bonchev–Trinajstić information content (AvgIpc) is 2.46. The molecule has 0 bridgehead atoms. The van der Waals surface area contributed by atoms with E-state index < -0.39 is 11.9 Å². The van der Waals surface area contributed by atoms with E-state index in [9.17, 15) is 19.5 Å². The van der Waals surface area contributed by atoms with E-state index in [0.717, 1.165) is 12.8 Å². The first-order chi connectivity index (χ1) is 9.50. The maximum absolute atomic E-state index is 12.5. The van der Waals surface area contributed by atoms with Crippen molar-refractivity contribution in [3.05, 3.63) is 0 Å². The largest absolute Gasteiger partial charge is 0.481 e. The van der Waals surface area contributed by atoms with Crippen molar-refractivity contribution in [3.8, 4) is 0 Å². The zero-order valence-corrected chi connectivity index (χ0v) is 11.9. The van der Waals surface area contributed by atoms with Crippen molar-refractivity contribution in [2.75, 3.05) is 26.2 Å². The molecule has 20 heavy (non-hydrogen) atoms. The van der Waals surface area contributed by atoms with Gasteiger partial charge in [0, 0.05) is 33.1 Å². The highest BCUT2D eigenvalue weighted by Crippen LogP contribution is 2.32. The second-order valence-corrected chi connectivity index (χ2v) is 5.67. The summed E-state index contributed by atoms with van der Waals surface area (Å²) in [5.41, 5.74) is 0. The molecule has 1 saturated carbocycles. The lowest BCUT2D eigenvalue weighted by atomic mass is 9.78. The zero-order chi connectivity index (χ0) is 14.7. The van der Waals surface area contributed by atoms with Gasteiger partial charge in [-0.1, -0.05) is 12.8 Å². The Balaban J connectivity index is 1.97. The van der Waals surface area contributed by atoms with Gasteiger partial charge in [0.05, 0.1) is 11.8 Å². The maximum Gasteiger partial charge on any atom is 0.307 e. The highest BCUT2D eigenvalue weighted by Gasteiger charge is 2.38. The molecular weight excluding hydrogens is 260 g/mol. The molecule has 2 rings (SSSR count). The first-order valence-corrected chi connectivity index (χ1v) is 7.28. The van der Waals surface area contributed by atoms with E-state index in [1.165, 1.54) is 6.92 Å². The van der Waals surface area contributed by atoms with Gasteiger partial charge in [-0.05, 0) is 12.8 Å². The molecule has 0 aromatic rings. The van der Waals surface area contributed by atoms with Crippen molar-refractivity contribution < 1.29 is 19.5 Å². The average molecular weight is 282 g/mol. The van der Waals surface area contributed by atoms with Crippen LogP contribution in [0, 0.1) is 11.8 Å². The molecule has 0 radical (unpaired) electrons. The van der Waals surface area contributed by atoms with Crippen LogP contribution in [-0.4, -0.2) is 58.9 Å². The summed E-state index contributed by atoms with van der Waals surface area (Å²) in [6.45, 7) is 3.65. The molecule has 1 saturated heterocycles. The van der Waals surface area contributed by atoms with Gasteiger partial charge in [0.1, 0.15) is 0 Å². The lowest BCUT2D eigenvalue weighted by Gasteiger charge is -2.38. The Morgan fingerprint density at radius 3 is 1.90 bits per heavy atom. The number of aliphatic carboxylic acids is 1. The molecule has 1 aliphatic carbocycles. The molecule has 2 amide bonds. The predicted octanol–water partition coefficient (Wildman–Crippen LogP) is 0.568. The zero-order valence-electron chi connectivity index (χ0n) is 11.9. The predicted molar refractivity (Wildman–Crippen MR) is 71.9 cm³/mol. The highest BCUT2D eigenvalue weighted by atomic mass is 16.4. The summed E-state index contributed by atoms with van der Waals surface area (Å²) in [5, 5.41) is 9.25. The maximum atomic E-state index is 12.5. The molecule has 0 spiro atoms. The van der Waals surface area contributed by atoms with E-state index in [1.54, 1.807) is 9.80 Å². The fraction of sp³-hybridized carbons (Fsp3) is 0.786. The van der Waals surface area contributed by atoms with Crippen LogP contribution in [0.5, 0.6) is 0 Å². The van der Waals surface area contributed by atoms with Gasteiger partial charge >= 0.3 is 5.97 Å². The molecule has 2 fully saturated rings. The Morgan fingerprint density at radius 2 is 1.40 bits per heavy atom. The molecule has 2 atom stereocenters. The number of rotatable bonds is 2. The van der Waals surface area contributed by atoms with Crippen LogP contribution in [0.4, 0.5) is 0 Å². The van der Waals surface area contributed by atoms with Gasteiger partial charge < -0.3 is 14.9 Å². The third kappa shape index (κ3) is 3.11. The van der Waals surface area contributed by atoms with Gasteiger partial charge in [-0.25, -0.2) is 0 Å². The summed E-state index contributed by atoms with van der Waals surface area (Å²) in [4.78, 5) is 38.5. The normalized spacial score (nSPS) is 27.2. The highest BCUT2D eigenvalue weighted by molar-refractivity contribution is 5.85. The summed E-state index contributed by atoms with van der Waals surface area (Å²) >= 11 is 0. The van der Waals surface area contributed by atoms with E-state index in [2.05, 4.69) is 0 Å². The van der Waals surface area contributed by atoms with Gasteiger partial charge in [0.15, 0.2) is 0 Å². The van der Waals surface area contributed by atoms with Gasteiger partial charge in [0.25, 0.3) is 0 Å². The molecule has 1 N–H and O–H groups in total. The SMILES string of the molecule is CC(=O)N1CCN(C(=O)C2CCCCC2C(=O)O)CC1. The second kappa shape index (κ2) is 6.24. The van der Waals surface area contributed by atoms with Crippen molar-refractivity contribution in [1.82, 2.24) is 9.80 Å². The number of carbonyl (C=O) groups is 3. The van der Waals surface area contributed by atoms with Crippen LogP contribution >= 0.6 is 0 Å². The molecule has 0 aromatic carbocycles. The van der Waals surface area contributed by atoms with Crippen molar-refractivity contribution >= 4 is 17.8 Å². The molecule has 2 unspecified atom stereocenters. The van der Waals surface area contributed by atoms with Crippen LogP contribution in [-0.2, 0) is 14.4 Å². The topological polar surface area (TPSA) is 77.9 Å². The molecule has 112 valence electrons. The Bertz CT molecular complexity index is 402. The number of amides is 2. The smallest absolute Gasteiger partial charge is 0.307 e. The molecule has 6 heteroatoms. The van der Waals surface area contributed by atoms with Crippen LogP contribution in [0.1, 0.15) is 32.6 Å². The first-order valence-electron chi connectivity index (χ1n) is 7.28. The van der Waals surface area contributed by atoms with E-state index >= 15 is 0 Å². The molecular formula is C14H22N2O4. The summed E-state index contributed by atoms with van der Waals surface area (Å²) in [6.07, 6.45) is 3.08. The Kier molecular flexibility index (Phi) is 4.62. The van der Waals surface area contributed by atoms with E-state index in [1.807, 2.05) is 0 Å². The molecule has 1 aliphatic heterocycles. The number of hydrogen-bond acceptors (Lipinski definition) is 3. The molecule has 1 heterocycles. The number of hydrogen-bond donors (Lipinski definition) is 1. The van der Waals surface area contributed by atoms with Crippen molar-refractivity contribution in [3.63, 3.8) is 0 Å². The lowest BCUT2D eigenvalue weighted by Crippen LogP contribution is -2.53. The quantitative estimate of drug-likeness (QED) is 0.803. The third-order valence-corrected chi connectivity index (χ3v) is 4.44. The number of carbonyl (C=O) groups excluding carboxylic acids is 2. The lowest BCUT2D eigenvalue weighted by molar-refractivity contribution is -0.153. The van der Waals surface area contributed by atoms with Crippen molar-refractivity contribution in [2.24, 2.45) is 11.8 Å². The molecule has 0 aromatic heterocycles. The van der Waals surface area contributed by atoms with Crippen molar-refractivity contribution in [1.29, 1.82) is 0 Å². The van der Waals surface area contributed by atoms with Crippen LogP contribution < -0.4 is 0 Å². The summed E-state index contributed by atoms with van der Waals surface area (Å²) in [7, 11) is 0. The molecule has 6 nitrogen and oxygen atoms in total. The summed E-state index contributed by atoms with van der Waals surface area (Å²) < 4.78 is 0. The van der Waals surface area contributed by atoms with Crippen LogP contribution in [0.25, 0.3) is 0 Å². The third-order valence-electron chi connectivity index (χ3n) is 4.44. The fourth-order valence-electron chi connectivity index (χ4n) is 3.20. The second-order valence-electron chi connectivity index (χ2n) is 5.67. The number of piperazine rings is 1. The van der Waals surface area contributed by atoms with E-state index in [-0.39, 0.29) is 17.7 Å². The minimum absolute atomic E-state index is 0.0261. The Labute approximate surface area is 118 Å². The number of nitrogens with zero attached hydrogens (tertiary/aromatic N) is 2. The van der Waals surface area contributed by atoms with Crippen LogP contribution in [0.3, 0.4) is 0 Å². The van der Waals surface area contributed by atoms with Crippen LogP contribution in [0.15, 0.2) is 0 Å². The number of carboxylic acids is 1. The Morgan fingerprint density at radius 1 is 0.900 bits per heavy atom. The standard InChI is InChI=1S/C14H22N2O4/c1-10(17)15-6-8-16(9-7-15)13(18)11-4-2-3-5-12(11)14(19)20/h11-12H,2-9H2,1H3,(H,19,20). The first kappa shape index (κ1) is 14.8. The van der Waals surface area contributed by atoms with Gasteiger partial charge in [-0.2, -0.15) is 0 Å². The van der Waals surface area contributed by atoms with Crippen molar-refractivity contribution in [2.45, 2.75) is 32.6 Å². The van der Waals surface area contributed by atoms with E-state index in [4.69, 9.17) is 0 Å².